The summed E-state index contributed by atoms with van der Waals surface area (Å²) in [4.78, 5) is 18.8. The number of rotatable bonds is 8. The molecule has 1 aliphatic heterocycles. The minimum atomic E-state index is -0.837. The van der Waals surface area contributed by atoms with Gasteiger partial charge in [-0.25, -0.2) is 13.8 Å². The molecule has 1 amide bonds. The van der Waals surface area contributed by atoms with Crippen molar-refractivity contribution in [3.63, 3.8) is 0 Å². The van der Waals surface area contributed by atoms with Gasteiger partial charge in [-0.05, 0) is 42.3 Å². The molecule has 0 spiro atoms. The number of aryl methyl sites for hydroxylation is 1. The predicted molar refractivity (Wildman–Crippen MR) is 128 cm³/mol. The number of nitrogens with one attached hydrogen (secondary N) is 1. The van der Waals surface area contributed by atoms with Gasteiger partial charge in [-0.15, -0.1) is 10.2 Å². The zero-order valence-electron chi connectivity index (χ0n) is 20.3. The number of hydrogen-bond donors (Lipinski definition) is 1. The standard InChI is InChI=1S/C25H27F2N5O4/c1-15-10-21(25(33)29-13-16-11-19(26)23(35-3)20(27)12-16)30-31-24(15)32-8-6-17(7-9-32)36-18-4-5-22(34-2)28-14-18/h4-5,10-12,14,17H,6-9,13H2,1-3H3,(H,29,33). The van der Waals surface area contributed by atoms with Crippen LogP contribution in [0.3, 0.4) is 0 Å². The van der Waals surface area contributed by atoms with Gasteiger partial charge in [-0.3, -0.25) is 4.79 Å². The van der Waals surface area contributed by atoms with Crippen molar-refractivity contribution in [2.24, 2.45) is 0 Å². The summed E-state index contributed by atoms with van der Waals surface area (Å²) in [7, 11) is 2.75. The Kier molecular flexibility index (Phi) is 7.77. The van der Waals surface area contributed by atoms with E-state index in [9.17, 15) is 13.6 Å². The number of nitrogens with zero attached hydrogens (tertiary/aromatic N) is 4. The molecule has 0 radical (unpaired) electrons. The first-order chi connectivity index (χ1) is 17.4. The van der Waals surface area contributed by atoms with Crippen LogP contribution in [0.5, 0.6) is 17.4 Å². The first-order valence-electron chi connectivity index (χ1n) is 11.4. The molecular formula is C25H27F2N5O4. The SMILES string of the molecule is COc1ccc(OC2CCN(c3nnc(C(=O)NCc4cc(F)c(OC)c(F)c4)cc3C)CC2)cn1. The molecule has 3 heterocycles. The molecule has 1 saturated heterocycles. The molecule has 4 rings (SSSR count). The molecule has 9 nitrogen and oxygen atoms in total. The van der Waals surface area contributed by atoms with Crippen LogP contribution in [0.2, 0.25) is 0 Å². The van der Waals surface area contributed by atoms with Crippen molar-refractivity contribution >= 4 is 11.7 Å². The van der Waals surface area contributed by atoms with Crippen molar-refractivity contribution in [1.29, 1.82) is 0 Å². The predicted octanol–water partition coefficient (Wildman–Crippen LogP) is 3.45. The molecule has 36 heavy (non-hydrogen) atoms. The third-order valence-electron chi connectivity index (χ3n) is 5.87. The van der Waals surface area contributed by atoms with E-state index >= 15 is 0 Å². The first-order valence-corrected chi connectivity index (χ1v) is 11.4. The Balaban J connectivity index is 1.32. The Bertz CT molecular complexity index is 1190. The molecule has 1 aromatic carbocycles. The molecule has 0 aliphatic carbocycles. The molecule has 0 atom stereocenters. The second-order valence-corrected chi connectivity index (χ2v) is 8.35. The van der Waals surface area contributed by atoms with Crippen LogP contribution in [-0.4, -0.2) is 54.5 Å². The lowest BCUT2D eigenvalue weighted by Gasteiger charge is -2.33. The summed E-state index contributed by atoms with van der Waals surface area (Å²) < 4.78 is 43.5. The van der Waals surface area contributed by atoms with Gasteiger partial charge in [0.2, 0.25) is 5.88 Å². The van der Waals surface area contributed by atoms with E-state index < -0.39 is 23.3 Å². The number of carbonyl (C=O) groups is 1. The van der Waals surface area contributed by atoms with Crippen molar-refractivity contribution in [2.75, 3.05) is 32.2 Å². The largest absolute Gasteiger partial charge is 0.491 e. The summed E-state index contributed by atoms with van der Waals surface area (Å²) >= 11 is 0. The van der Waals surface area contributed by atoms with Crippen molar-refractivity contribution in [3.8, 4) is 17.4 Å². The topological polar surface area (TPSA) is 98.7 Å². The Morgan fingerprint density at radius 1 is 1.08 bits per heavy atom. The Labute approximate surface area is 207 Å². The molecule has 190 valence electrons. The zero-order valence-corrected chi connectivity index (χ0v) is 20.3. The molecule has 11 heteroatoms. The summed E-state index contributed by atoms with van der Waals surface area (Å²) in [6.45, 7) is 3.24. The third-order valence-corrected chi connectivity index (χ3v) is 5.87. The lowest BCUT2D eigenvalue weighted by molar-refractivity contribution is 0.0944. The Morgan fingerprint density at radius 2 is 1.81 bits per heavy atom. The molecule has 0 saturated carbocycles. The molecular weight excluding hydrogens is 472 g/mol. The molecule has 0 bridgehead atoms. The van der Waals surface area contributed by atoms with Crippen LogP contribution in [0.4, 0.5) is 14.6 Å². The maximum Gasteiger partial charge on any atom is 0.272 e. The van der Waals surface area contributed by atoms with Crippen molar-refractivity contribution < 1.29 is 27.8 Å². The molecule has 3 aromatic rings. The number of aromatic nitrogens is 3. The molecule has 1 aliphatic rings. The van der Waals surface area contributed by atoms with Gasteiger partial charge >= 0.3 is 0 Å². The normalized spacial score (nSPS) is 13.9. The Hall–Kier alpha value is -4.02. The van der Waals surface area contributed by atoms with Gasteiger partial charge in [-0.2, -0.15) is 0 Å². The molecule has 1 N–H and O–H groups in total. The minimum absolute atomic E-state index is 0.0578. The Morgan fingerprint density at radius 3 is 2.39 bits per heavy atom. The van der Waals surface area contributed by atoms with Crippen LogP contribution >= 0.6 is 0 Å². The highest BCUT2D eigenvalue weighted by Gasteiger charge is 2.24. The van der Waals surface area contributed by atoms with Crippen LogP contribution in [0, 0.1) is 18.6 Å². The summed E-state index contributed by atoms with van der Waals surface area (Å²) in [5.41, 5.74) is 1.18. The van der Waals surface area contributed by atoms with E-state index in [-0.39, 0.29) is 23.9 Å². The fourth-order valence-electron chi connectivity index (χ4n) is 4.02. The number of carbonyl (C=O) groups excluding carboxylic acids is 1. The van der Waals surface area contributed by atoms with Gasteiger partial charge in [0, 0.05) is 38.5 Å². The van der Waals surface area contributed by atoms with E-state index in [1.165, 1.54) is 7.11 Å². The van der Waals surface area contributed by atoms with E-state index in [1.54, 1.807) is 25.4 Å². The lowest BCUT2D eigenvalue weighted by atomic mass is 10.1. The van der Waals surface area contributed by atoms with Crippen LogP contribution in [0.25, 0.3) is 0 Å². The number of halogens is 2. The maximum atomic E-state index is 13.9. The van der Waals surface area contributed by atoms with Gasteiger partial charge in [0.1, 0.15) is 11.9 Å². The van der Waals surface area contributed by atoms with Gasteiger partial charge in [0.15, 0.2) is 28.9 Å². The van der Waals surface area contributed by atoms with E-state index in [4.69, 9.17) is 9.47 Å². The third kappa shape index (κ3) is 5.78. The lowest BCUT2D eigenvalue weighted by Crippen LogP contribution is -2.39. The van der Waals surface area contributed by atoms with Crippen LogP contribution in [0.15, 0.2) is 36.5 Å². The average molecular weight is 500 g/mol. The van der Waals surface area contributed by atoms with Gasteiger partial charge in [-0.1, -0.05) is 0 Å². The van der Waals surface area contributed by atoms with E-state index in [0.29, 0.717) is 17.4 Å². The van der Waals surface area contributed by atoms with Crippen molar-refractivity contribution in [1.82, 2.24) is 20.5 Å². The fourth-order valence-corrected chi connectivity index (χ4v) is 4.02. The monoisotopic (exact) mass is 499 g/mol. The fraction of sp³-hybridized carbons (Fsp3) is 0.360. The second kappa shape index (κ2) is 11.1. The summed E-state index contributed by atoms with van der Waals surface area (Å²) in [6, 6.07) is 7.47. The van der Waals surface area contributed by atoms with Gasteiger partial charge in [0.25, 0.3) is 5.91 Å². The van der Waals surface area contributed by atoms with Crippen molar-refractivity contribution in [2.45, 2.75) is 32.4 Å². The van der Waals surface area contributed by atoms with E-state index in [0.717, 1.165) is 43.6 Å². The number of hydrogen-bond acceptors (Lipinski definition) is 8. The van der Waals surface area contributed by atoms with E-state index in [2.05, 4.69) is 30.1 Å². The highest BCUT2D eigenvalue weighted by Crippen LogP contribution is 2.25. The second-order valence-electron chi connectivity index (χ2n) is 8.35. The molecule has 1 fully saturated rings. The molecule has 0 unspecified atom stereocenters. The number of methoxy groups -OCH3 is 2. The number of amides is 1. The van der Waals surface area contributed by atoms with E-state index in [1.807, 2.05) is 13.0 Å². The van der Waals surface area contributed by atoms with Crippen LogP contribution < -0.4 is 24.4 Å². The summed E-state index contributed by atoms with van der Waals surface area (Å²) in [5.74, 6) is -0.694. The quantitative estimate of drug-likeness (QED) is 0.503. The highest BCUT2D eigenvalue weighted by molar-refractivity contribution is 5.92. The maximum absolute atomic E-state index is 13.9. The van der Waals surface area contributed by atoms with Gasteiger partial charge in [0.05, 0.1) is 20.4 Å². The smallest absolute Gasteiger partial charge is 0.272 e. The summed E-state index contributed by atoms with van der Waals surface area (Å²) in [5, 5.41) is 11.0. The highest BCUT2D eigenvalue weighted by atomic mass is 19.1. The number of ether oxygens (including phenoxy) is 3. The number of pyridine rings is 1. The molecule has 2 aromatic heterocycles. The first kappa shape index (κ1) is 25.1. The van der Waals surface area contributed by atoms with Crippen LogP contribution in [-0.2, 0) is 6.54 Å². The average Bonchev–Trinajstić information content (AvgIpc) is 2.88. The van der Waals surface area contributed by atoms with Gasteiger partial charge < -0.3 is 24.4 Å². The summed E-state index contributed by atoms with van der Waals surface area (Å²) in [6.07, 6.45) is 3.29. The number of benzene rings is 1. The van der Waals surface area contributed by atoms with Crippen LogP contribution in [0.1, 0.15) is 34.5 Å². The van der Waals surface area contributed by atoms with Crippen molar-refractivity contribution in [3.05, 3.63) is 65.0 Å². The number of piperidine rings is 1. The minimum Gasteiger partial charge on any atom is -0.491 e. The number of anilines is 1. The zero-order chi connectivity index (χ0) is 25.7.